The number of nitrogens with zero attached hydrogens (tertiary/aromatic N) is 3. The van der Waals surface area contributed by atoms with Crippen LogP contribution in [0, 0.1) is 0 Å². The molecule has 1 atom stereocenters. The van der Waals surface area contributed by atoms with Crippen LogP contribution >= 0.6 is 23.4 Å². The van der Waals surface area contributed by atoms with Gasteiger partial charge in [-0.2, -0.15) is 0 Å². The third-order valence-electron chi connectivity index (χ3n) is 3.72. The predicted molar refractivity (Wildman–Crippen MR) is 90.8 cm³/mol. The lowest BCUT2D eigenvalue weighted by Crippen LogP contribution is -2.05. The van der Waals surface area contributed by atoms with Crippen molar-refractivity contribution in [3.63, 3.8) is 0 Å². The Balaban J connectivity index is 1.99. The minimum absolute atomic E-state index is 0.453. The highest BCUT2D eigenvalue weighted by Gasteiger charge is 2.24. The average molecular weight is 328 g/mol. The minimum atomic E-state index is 0.453. The van der Waals surface area contributed by atoms with E-state index in [0.29, 0.717) is 5.25 Å². The molecule has 2 aromatic carbocycles. The molecule has 0 fully saturated rings. The molecule has 5 heteroatoms. The van der Waals surface area contributed by atoms with Crippen LogP contribution in [0.5, 0.6) is 0 Å². The van der Waals surface area contributed by atoms with Crippen LogP contribution in [0.25, 0.3) is 17.1 Å². The van der Waals surface area contributed by atoms with E-state index in [1.807, 2.05) is 42.1 Å². The van der Waals surface area contributed by atoms with E-state index in [1.54, 1.807) is 0 Å². The lowest BCUT2D eigenvalue weighted by atomic mass is 10.2. The SMILES string of the molecule is CC1Cc2nnc(-c3ccccc3)n2-c2cc(Cl)ccc2S1. The molecule has 3 nitrogen and oxygen atoms in total. The highest BCUT2D eigenvalue weighted by Crippen LogP contribution is 2.38. The van der Waals surface area contributed by atoms with Crippen molar-refractivity contribution < 1.29 is 0 Å². The van der Waals surface area contributed by atoms with Gasteiger partial charge in [0.05, 0.1) is 5.69 Å². The summed E-state index contributed by atoms with van der Waals surface area (Å²) in [6.07, 6.45) is 0.886. The van der Waals surface area contributed by atoms with E-state index in [0.717, 1.165) is 34.3 Å². The molecule has 1 aliphatic heterocycles. The van der Waals surface area contributed by atoms with Gasteiger partial charge in [0, 0.05) is 27.2 Å². The number of thioether (sulfide) groups is 1. The van der Waals surface area contributed by atoms with Gasteiger partial charge in [-0.1, -0.05) is 48.9 Å². The van der Waals surface area contributed by atoms with Crippen molar-refractivity contribution >= 4 is 23.4 Å². The van der Waals surface area contributed by atoms with Crippen LogP contribution in [0.2, 0.25) is 5.02 Å². The first kappa shape index (κ1) is 13.9. The highest BCUT2D eigenvalue weighted by atomic mass is 35.5. The summed E-state index contributed by atoms with van der Waals surface area (Å²) in [7, 11) is 0. The topological polar surface area (TPSA) is 30.7 Å². The predicted octanol–water partition coefficient (Wildman–Crippen LogP) is 4.62. The van der Waals surface area contributed by atoms with E-state index < -0.39 is 0 Å². The van der Waals surface area contributed by atoms with Gasteiger partial charge < -0.3 is 0 Å². The Morgan fingerprint density at radius 3 is 2.77 bits per heavy atom. The molecule has 22 heavy (non-hydrogen) atoms. The maximum atomic E-state index is 6.23. The fourth-order valence-electron chi connectivity index (χ4n) is 2.76. The van der Waals surface area contributed by atoms with Gasteiger partial charge in [-0.15, -0.1) is 22.0 Å². The number of halogens is 1. The first-order valence-corrected chi connectivity index (χ1v) is 8.44. The summed E-state index contributed by atoms with van der Waals surface area (Å²) >= 11 is 8.09. The second-order valence-electron chi connectivity index (χ2n) is 5.39. The minimum Gasteiger partial charge on any atom is -0.278 e. The summed E-state index contributed by atoms with van der Waals surface area (Å²) in [6.45, 7) is 2.22. The lowest BCUT2D eigenvalue weighted by Gasteiger charge is -2.12. The molecule has 1 unspecified atom stereocenters. The van der Waals surface area contributed by atoms with Gasteiger partial charge in [-0.3, -0.25) is 4.57 Å². The Morgan fingerprint density at radius 1 is 1.14 bits per heavy atom. The molecular weight excluding hydrogens is 314 g/mol. The zero-order valence-electron chi connectivity index (χ0n) is 12.0. The first-order valence-electron chi connectivity index (χ1n) is 7.18. The Morgan fingerprint density at radius 2 is 1.95 bits per heavy atom. The Kier molecular flexibility index (Phi) is 3.43. The fourth-order valence-corrected chi connectivity index (χ4v) is 4.01. The number of aromatic nitrogens is 3. The summed E-state index contributed by atoms with van der Waals surface area (Å²) in [5, 5.41) is 10.0. The summed E-state index contributed by atoms with van der Waals surface area (Å²) in [5.74, 6) is 1.86. The monoisotopic (exact) mass is 327 g/mol. The molecular formula is C17H14ClN3S. The quantitative estimate of drug-likeness (QED) is 0.653. The smallest absolute Gasteiger partial charge is 0.168 e. The van der Waals surface area contributed by atoms with Gasteiger partial charge in [0.2, 0.25) is 0 Å². The zero-order valence-corrected chi connectivity index (χ0v) is 13.6. The van der Waals surface area contributed by atoms with Crippen molar-refractivity contribution in [2.45, 2.75) is 23.5 Å². The van der Waals surface area contributed by atoms with Crippen LogP contribution < -0.4 is 0 Å². The van der Waals surface area contributed by atoms with Crippen molar-refractivity contribution in [2.75, 3.05) is 0 Å². The third-order valence-corrected chi connectivity index (χ3v) is 5.13. The molecule has 1 aliphatic rings. The van der Waals surface area contributed by atoms with Gasteiger partial charge in [-0.25, -0.2) is 0 Å². The Labute approximate surface area is 138 Å². The number of hydrogen-bond donors (Lipinski definition) is 0. The largest absolute Gasteiger partial charge is 0.278 e. The summed E-state index contributed by atoms with van der Waals surface area (Å²) in [6, 6.07) is 16.2. The molecule has 1 aromatic heterocycles. The van der Waals surface area contributed by atoms with Crippen molar-refractivity contribution in [1.29, 1.82) is 0 Å². The van der Waals surface area contributed by atoms with Crippen molar-refractivity contribution in [1.82, 2.24) is 14.8 Å². The first-order chi connectivity index (χ1) is 10.7. The maximum Gasteiger partial charge on any atom is 0.168 e. The molecule has 0 aliphatic carbocycles. The Hall–Kier alpha value is -1.78. The summed E-state index contributed by atoms with van der Waals surface area (Å²) in [4.78, 5) is 1.22. The Bertz CT molecular complexity index is 829. The van der Waals surface area contributed by atoms with E-state index in [1.165, 1.54) is 4.90 Å². The van der Waals surface area contributed by atoms with Crippen LogP contribution in [-0.4, -0.2) is 20.0 Å². The van der Waals surface area contributed by atoms with E-state index in [2.05, 4.69) is 39.9 Å². The van der Waals surface area contributed by atoms with E-state index in [4.69, 9.17) is 11.6 Å². The molecule has 0 N–H and O–H groups in total. The van der Waals surface area contributed by atoms with Crippen LogP contribution in [-0.2, 0) is 6.42 Å². The van der Waals surface area contributed by atoms with Crippen LogP contribution in [0.4, 0.5) is 0 Å². The van der Waals surface area contributed by atoms with Gasteiger partial charge in [-0.05, 0) is 18.2 Å². The molecule has 0 radical (unpaired) electrons. The lowest BCUT2D eigenvalue weighted by molar-refractivity contribution is 0.824. The molecule has 0 saturated heterocycles. The highest BCUT2D eigenvalue weighted by molar-refractivity contribution is 8.00. The van der Waals surface area contributed by atoms with Crippen LogP contribution in [0.15, 0.2) is 53.4 Å². The molecule has 0 bridgehead atoms. The van der Waals surface area contributed by atoms with Gasteiger partial charge in [0.15, 0.2) is 5.82 Å². The zero-order chi connectivity index (χ0) is 15.1. The molecule has 4 rings (SSSR count). The standard InChI is InChI=1S/C17H14ClN3S/c1-11-9-16-19-20-17(12-5-3-2-4-6-12)21(16)14-10-13(18)7-8-15(14)22-11/h2-8,10-11H,9H2,1H3. The van der Waals surface area contributed by atoms with Crippen LogP contribution in [0.3, 0.4) is 0 Å². The molecule has 0 saturated carbocycles. The molecule has 0 amide bonds. The van der Waals surface area contributed by atoms with Gasteiger partial charge >= 0.3 is 0 Å². The number of hydrogen-bond acceptors (Lipinski definition) is 3. The molecule has 2 heterocycles. The van der Waals surface area contributed by atoms with E-state index in [9.17, 15) is 0 Å². The van der Waals surface area contributed by atoms with Crippen molar-refractivity contribution in [2.24, 2.45) is 0 Å². The fraction of sp³-hybridized carbons (Fsp3) is 0.176. The average Bonchev–Trinajstić information content (AvgIpc) is 2.87. The van der Waals surface area contributed by atoms with Gasteiger partial charge in [0.25, 0.3) is 0 Å². The van der Waals surface area contributed by atoms with E-state index in [-0.39, 0.29) is 0 Å². The second-order valence-corrected chi connectivity index (χ2v) is 7.30. The van der Waals surface area contributed by atoms with Crippen molar-refractivity contribution in [3.05, 3.63) is 59.4 Å². The normalized spacial score (nSPS) is 16.7. The van der Waals surface area contributed by atoms with Gasteiger partial charge in [0.1, 0.15) is 5.82 Å². The maximum absolute atomic E-state index is 6.23. The number of rotatable bonds is 1. The second kappa shape index (κ2) is 5.45. The molecule has 0 spiro atoms. The summed E-state index contributed by atoms with van der Waals surface area (Å²) in [5.41, 5.74) is 2.13. The van der Waals surface area contributed by atoms with Crippen molar-refractivity contribution in [3.8, 4) is 17.1 Å². The number of fused-ring (bicyclic) bond motifs is 3. The molecule has 3 aromatic rings. The number of benzene rings is 2. The van der Waals surface area contributed by atoms with E-state index >= 15 is 0 Å². The summed E-state index contributed by atoms with van der Waals surface area (Å²) < 4.78 is 2.15. The molecule has 110 valence electrons. The third kappa shape index (κ3) is 2.32. The van der Waals surface area contributed by atoms with Crippen LogP contribution in [0.1, 0.15) is 12.7 Å².